The molecule has 1 N–H and O–H groups in total. The molecule has 6 rings (SSSR count). The van der Waals surface area contributed by atoms with E-state index in [1.807, 2.05) is 7.11 Å². The van der Waals surface area contributed by atoms with E-state index >= 15 is 0 Å². The van der Waals surface area contributed by atoms with Gasteiger partial charge in [-0.3, -0.25) is 9.69 Å². The summed E-state index contributed by atoms with van der Waals surface area (Å²) in [5.41, 5.74) is -0.707. The van der Waals surface area contributed by atoms with Crippen molar-refractivity contribution < 1.29 is 28.8 Å². The van der Waals surface area contributed by atoms with Gasteiger partial charge in [0, 0.05) is 76.3 Å². The fourth-order valence-corrected chi connectivity index (χ4v) is 11.1. The van der Waals surface area contributed by atoms with Gasteiger partial charge in [-0.2, -0.15) is 0 Å². The number of likely N-dealkylation sites (tertiary alicyclic amines) is 1. The van der Waals surface area contributed by atoms with Crippen LogP contribution >= 0.6 is 0 Å². The Morgan fingerprint density at radius 2 is 1.94 bits per heavy atom. The number of rotatable bonds is 5. The Bertz CT molecular complexity index is 838. The minimum absolute atomic E-state index is 0.0125. The van der Waals surface area contributed by atoms with Crippen LogP contribution in [0, 0.1) is 40.4 Å². The lowest BCUT2D eigenvalue weighted by molar-refractivity contribution is -0.276. The molecule has 7 nitrogen and oxygen atoms in total. The van der Waals surface area contributed by atoms with Crippen molar-refractivity contribution in [3.8, 4) is 0 Å². The Morgan fingerprint density at radius 3 is 2.55 bits per heavy atom. The normalized spacial score (nSPS) is 58.4. The molecule has 7 bridgehead atoms. The van der Waals surface area contributed by atoms with Gasteiger partial charge in [0.15, 0.2) is 0 Å². The summed E-state index contributed by atoms with van der Waals surface area (Å²) in [6, 6.07) is 0.206. The fourth-order valence-electron chi connectivity index (χ4n) is 11.1. The average molecular weight is 464 g/mol. The van der Waals surface area contributed by atoms with E-state index in [9.17, 15) is 9.90 Å². The second-order valence-electron chi connectivity index (χ2n) is 12.2. The summed E-state index contributed by atoms with van der Waals surface area (Å²) < 4.78 is 25.3. The molecule has 1 spiro atoms. The third-order valence-corrected chi connectivity index (χ3v) is 11.5. The first kappa shape index (κ1) is 22.7. The maximum Gasteiger partial charge on any atom is 0.302 e. The highest BCUT2D eigenvalue weighted by molar-refractivity contribution is 5.66. The second-order valence-corrected chi connectivity index (χ2v) is 12.2. The number of hydrogen-bond acceptors (Lipinski definition) is 7. The summed E-state index contributed by atoms with van der Waals surface area (Å²) in [6.07, 6.45) is 3.09. The minimum Gasteiger partial charge on any atom is -0.462 e. The van der Waals surface area contributed by atoms with E-state index in [0.717, 1.165) is 38.8 Å². The van der Waals surface area contributed by atoms with Crippen molar-refractivity contribution in [1.29, 1.82) is 0 Å². The maximum absolute atomic E-state index is 12.5. The molecule has 33 heavy (non-hydrogen) atoms. The minimum atomic E-state index is -0.581. The Labute approximate surface area is 197 Å². The van der Waals surface area contributed by atoms with E-state index in [0.29, 0.717) is 0 Å². The molecule has 5 saturated carbocycles. The van der Waals surface area contributed by atoms with Gasteiger partial charge in [0.25, 0.3) is 0 Å². The van der Waals surface area contributed by atoms with Crippen LogP contribution in [0.2, 0.25) is 0 Å². The van der Waals surface area contributed by atoms with Gasteiger partial charge in [-0.15, -0.1) is 0 Å². The lowest BCUT2D eigenvalue weighted by atomic mass is 9.43. The summed E-state index contributed by atoms with van der Waals surface area (Å²) in [7, 11) is 5.42. The smallest absolute Gasteiger partial charge is 0.302 e. The van der Waals surface area contributed by atoms with Crippen LogP contribution in [-0.4, -0.2) is 86.5 Å². The van der Waals surface area contributed by atoms with Crippen molar-refractivity contribution in [2.24, 2.45) is 40.4 Å². The van der Waals surface area contributed by atoms with Crippen LogP contribution in [0.5, 0.6) is 0 Å². The molecule has 0 aromatic carbocycles. The highest BCUT2D eigenvalue weighted by atomic mass is 16.6. The zero-order valence-electron chi connectivity index (χ0n) is 21.0. The molecule has 5 aliphatic carbocycles. The van der Waals surface area contributed by atoms with Gasteiger partial charge in [0.1, 0.15) is 6.10 Å². The molecule has 0 amide bonds. The molecule has 6 aliphatic rings. The summed E-state index contributed by atoms with van der Waals surface area (Å²) in [5, 5.41) is 11.7. The van der Waals surface area contributed by atoms with E-state index in [2.05, 4.69) is 18.7 Å². The van der Waals surface area contributed by atoms with Gasteiger partial charge < -0.3 is 24.1 Å². The monoisotopic (exact) mass is 463 g/mol. The Hall–Kier alpha value is -0.730. The van der Waals surface area contributed by atoms with Crippen LogP contribution in [0.15, 0.2) is 0 Å². The van der Waals surface area contributed by atoms with E-state index in [4.69, 9.17) is 18.9 Å². The number of methoxy groups -OCH3 is 3. The zero-order valence-corrected chi connectivity index (χ0v) is 21.0. The van der Waals surface area contributed by atoms with Crippen LogP contribution in [0.1, 0.15) is 46.5 Å². The highest BCUT2D eigenvalue weighted by Crippen LogP contribution is 2.79. The van der Waals surface area contributed by atoms with Crippen molar-refractivity contribution in [3.05, 3.63) is 0 Å². The average Bonchev–Trinajstić information content (AvgIpc) is 3.17. The van der Waals surface area contributed by atoms with Crippen molar-refractivity contribution in [2.75, 3.05) is 34.4 Å². The Kier molecular flexibility index (Phi) is 4.93. The number of fused-ring (bicyclic) bond motifs is 2. The number of hydrogen-bond donors (Lipinski definition) is 1. The van der Waals surface area contributed by atoms with Crippen LogP contribution < -0.4 is 0 Å². The molecule has 1 saturated heterocycles. The molecular weight excluding hydrogens is 422 g/mol. The predicted octanol–water partition coefficient (Wildman–Crippen LogP) is 2.10. The third kappa shape index (κ3) is 2.37. The van der Waals surface area contributed by atoms with Gasteiger partial charge in [0.05, 0.1) is 23.9 Å². The third-order valence-electron chi connectivity index (χ3n) is 11.5. The fraction of sp³-hybridized carbons (Fsp3) is 0.962. The van der Waals surface area contributed by atoms with E-state index in [1.54, 1.807) is 14.2 Å². The van der Waals surface area contributed by atoms with E-state index in [-0.39, 0.29) is 70.7 Å². The van der Waals surface area contributed by atoms with E-state index < -0.39 is 11.7 Å². The van der Waals surface area contributed by atoms with Gasteiger partial charge in [0.2, 0.25) is 0 Å². The first-order chi connectivity index (χ1) is 15.7. The number of carbonyl (C=O) groups is 1. The molecule has 0 aromatic heterocycles. The molecule has 0 radical (unpaired) electrons. The molecule has 1 aliphatic heterocycles. The van der Waals surface area contributed by atoms with Gasteiger partial charge in [-0.05, 0) is 37.1 Å². The van der Waals surface area contributed by atoms with Crippen molar-refractivity contribution >= 4 is 5.97 Å². The molecule has 1 heterocycles. The van der Waals surface area contributed by atoms with Gasteiger partial charge in [-0.1, -0.05) is 13.8 Å². The van der Waals surface area contributed by atoms with Gasteiger partial charge >= 0.3 is 5.97 Å². The largest absolute Gasteiger partial charge is 0.462 e. The van der Waals surface area contributed by atoms with Crippen molar-refractivity contribution in [3.63, 3.8) is 0 Å². The second kappa shape index (κ2) is 7.16. The molecule has 13 atom stereocenters. The first-order valence-corrected chi connectivity index (χ1v) is 12.9. The van der Waals surface area contributed by atoms with E-state index in [1.165, 1.54) is 6.92 Å². The lowest BCUT2D eigenvalue weighted by Crippen LogP contribution is -2.76. The van der Waals surface area contributed by atoms with Crippen molar-refractivity contribution in [1.82, 2.24) is 4.90 Å². The maximum atomic E-state index is 12.5. The summed E-state index contributed by atoms with van der Waals surface area (Å²) in [4.78, 5) is 15.2. The van der Waals surface area contributed by atoms with Gasteiger partial charge in [-0.25, -0.2) is 0 Å². The topological polar surface area (TPSA) is 77.5 Å². The molecule has 186 valence electrons. The molecule has 6 fully saturated rings. The number of esters is 1. The summed E-state index contributed by atoms with van der Waals surface area (Å²) in [5.74, 6) is 0.364. The standard InChI is InChI=1S/C26H41NO6/c1-7-27-12-24(3)9-8-17(31-5)26-15-10-14-16(30-4)11-25(32-6,18(15)20(14)29)19(23(26)27)21(22(24)26)33-13(2)28/h14-23,29H,7-12H2,1-6H3/t14-,15-,16+,17+,18-,19+,20+,21-,22-,23?,24+,25-,26+/m1/s1. The summed E-state index contributed by atoms with van der Waals surface area (Å²) in [6.45, 7) is 8.17. The van der Waals surface area contributed by atoms with Crippen LogP contribution in [0.4, 0.5) is 0 Å². The van der Waals surface area contributed by atoms with Crippen LogP contribution in [0.3, 0.4) is 0 Å². The number of aliphatic hydroxyl groups excluding tert-OH is 1. The number of piperidine rings is 1. The number of ether oxygens (including phenoxy) is 4. The number of nitrogens with zero attached hydrogens (tertiary/aromatic N) is 1. The summed E-state index contributed by atoms with van der Waals surface area (Å²) >= 11 is 0. The first-order valence-electron chi connectivity index (χ1n) is 12.9. The quantitative estimate of drug-likeness (QED) is 0.626. The molecule has 7 heteroatoms. The van der Waals surface area contributed by atoms with Crippen LogP contribution in [0.25, 0.3) is 0 Å². The SMILES string of the molecule is CCN1C[C@]2(C)CC[C@H](OC)[C@]34C1[C@H]([C@@H](OC(C)=O)[C@H]23)[C@@]1(OC)C[C@H](OC)[C@H]2C[C@@H]4[C@@H]1[C@H]2O. The number of aliphatic hydroxyl groups is 1. The molecule has 1 unspecified atom stereocenters. The Morgan fingerprint density at radius 1 is 1.18 bits per heavy atom. The van der Waals surface area contributed by atoms with Crippen LogP contribution in [-0.2, 0) is 23.7 Å². The molecular formula is C26H41NO6. The predicted molar refractivity (Wildman–Crippen MR) is 120 cm³/mol. The highest BCUT2D eigenvalue weighted by Gasteiger charge is 2.86. The molecule has 0 aromatic rings. The van der Waals surface area contributed by atoms with Crippen molar-refractivity contribution in [2.45, 2.75) is 82.5 Å². The number of carbonyl (C=O) groups excluding carboxylic acids is 1. The Balaban J connectivity index is 1.65. The lowest BCUT2D eigenvalue weighted by Gasteiger charge is -2.69. The zero-order chi connectivity index (χ0) is 23.5.